The number of carbonyl (C=O) groups is 2. The third kappa shape index (κ3) is 15.8. The molecule has 1 aliphatic heterocycles. The number of thioether (sulfide) groups is 1. The van der Waals surface area contributed by atoms with Crippen molar-refractivity contribution in [2.45, 2.75) is 64.1 Å². The maximum absolute atomic E-state index is 14.3. The first kappa shape index (κ1) is 43.1. The van der Waals surface area contributed by atoms with Crippen molar-refractivity contribution in [1.82, 2.24) is 29.6 Å². The second-order valence-electron chi connectivity index (χ2n) is 11.1. The zero-order valence-corrected chi connectivity index (χ0v) is 31.8. The molecule has 0 bridgehead atoms. The number of fused-ring (bicyclic) bond motifs is 1. The van der Waals surface area contributed by atoms with Crippen molar-refractivity contribution in [3.8, 4) is 0 Å². The van der Waals surface area contributed by atoms with Crippen LogP contribution in [-0.4, -0.2) is 88.9 Å². The molecule has 3 aromatic rings. The summed E-state index contributed by atoms with van der Waals surface area (Å²) in [6, 6.07) is 2.64. The van der Waals surface area contributed by atoms with E-state index in [1.165, 1.54) is 13.2 Å². The standard InChI is InChI=1S/C15H15ClFN3O3S2.C9H16ClN5.C3H8NO5P/c1-23-13(21)8-24-12-7-11(10(17)6-9(12)16)18-14-19-4-2-3-5-20(19)15(22)25-14;1-5-11-7-12-6(10)13-8(14-7)15-9(2,3)4;5-3(6)1-4-2-10(7,8)9/h6-7H,2-5,8H2,1H3;5H2,1-4H3,(H2,11,12,13,14,15);4H,1-2H2,(H,5,6)(H2,7,8,9)/b18-14-;;. The van der Waals surface area contributed by atoms with Crippen LogP contribution in [0, 0.1) is 5.82 Å². The van der Waals surface area contributed by atoms with Crippen molar-refractivity contribution in [2.75, 3.05) is 42.9 Å². The minimum Gasteiger partial charge on any atom is -0.480 e. The van der Waals surface area contributed by atoms with E-state index in [0.29, 0.717) is 34.7 Å². The Hall–Kier alpha value is -3.10. The predicted molar refractivity (Wildman–Crippen MR) is 190 cm³/mol. The van der Waals surface area contributed by atoms with Gasteiger partial charge in [0.05, 0.1) is 30.7 Å². The van der Waals surface area contributed by atoms with Gasteiger partial charge in [0.25, 0.3) is 0 Å². The number of ether oxygens (including phenoxy) is 1. The molecule has 1 aliphatic rings. The molecule has 0 aliphatic carbocycles. The van der Waals surface area contributed by atoms with E-state index in [-0.39, 0.29) is 32.2 Å². The van der Waals surface area contributed by atoms with Gasteiger partial charge in [-0.05, 0) is 75.6 Å². The predicted octanol–water partition coefficient (Wildman–Crippen LogP) is 3.76. The SMILES string of the molecule is CCNc1nc(Cl)nc(NC(C)(C)C)n1.COC(=O)CSc1cc(/N=c2\sc(=O)n3n2CCCC3)c(F)cc1Cl.O=C(O)CNCP(=O)(O)O. The lowest BCUT2D eigenvalue weighted by Crippen LogP contribution is -2.31. The summed E-state index contributed by atoms with van der Waals surface area (Å²) in [5, 5.41) is 16.6. The average Bonchev–Trinajstić information content (AvgIpc) is 3.31. The van der Waals surface area contributed by atoms with Crippen LogP contribution in [0.4, 0.5) is 22.0 Å². The quantitative estimate of drug-likeness (QED) is 0.0920. The zero-order chi connectivity index (χ0) is 37.6. The lowest BCUT2D eigenvalue weighted by Gasteiger charge is -2.20. The summed E-state index contributed by atoms with van der Waals surface area (Å²) in [5.41, 5.74) is -0.0201. The Morgan fingerprint density at radius 3 is 2.36 bits per heavy atom. The third-order valence-corrected chi connectivity index (χ3v) is 8.83. The summed E-state index contributed by atoms with van der Waals surface area (Å²) in [7, 11) is -2.80. The molecule has 0 atom stereocenters. The number of benzene rings is 1. The lowest BCUT2D eigenvalue weighted by atomic mass is 10.1. The minimum absolute atomic E-state index is 0.0605. The van der Waals surface area contributed by atoms with Gasteiger partial charge in [-0.1, -0.05) is 11.6 Å². The van der Waals surface area contributed by atoms with E-state index >= 15 is 0 Å². The second kappa shape index (κ2) is 20.1. The first-order valence-corrected chi connectivity index (χ1v) is 19.1. The number of hydrogen-bond acceptors (Lipinski definition) is 14. The Balaban J connectivity index is 0.000000295. The molecule has 17 nitrogen and oxygen atoms in total. The Morgan fingerprint density at radius 2 is 1.78 bits per heavy atom. The van der Waals surface area contributed by atoms with Crippen molar-refractivity contribution in [3.63, 3.8) is 0 Å². The van der Waals surface area contributed by atoms with Gasteiger partial charge in [-0.15, -0.1) is 11.8 Å². The molecule has 0 fully saturated rings. The third-order valence-electron chi connectivity index (χ3n) is 5.71. The van der Waals surface area contributed by atoms with Crippen LogP contribution in [0.2, 0.25) is 10.3 Å². The van der Waals surface area contributed by atoms with Gasteiger partial charge < -0.3 is 30.3 Å². The van der Waals surface area contributed by atoms with E-state index in [9.17, 15) is 23.3 Å². The van der Waals surface area contributed by atoms with Gasteiger partial charge in [0, 0.05) is 30.1 Å². The number of aromatic nitrogens is 5. The fraction of sp³-hybridized carbons (Fsp3) is 0.519. The number of anilines is 2. The van der Waals surface area contributed by atoms with Crippen LogP contribution in [0.3, 0.4) is 0 Å². The van der Waals surface area contributed by atoms with E-state index in [4.69, 9.17) is 38.1 Å². The molecular weight excluding hydrogens is 763 g/mol. The largest absolute Gasteiger partial charge is 0.480 e. The minimum atomic E-state index is -4.10. The van der Waals surface area contributed by atoms with Crippen molar-refractivity contribution >= 4 is 83.4 Å². The maximum Gasteiger partial charge on any atom is 0.339 e. The van der Waals surface area contributed by atoms with Crippen molar-refractivity contribution in [2.24, 2.45) is 4.99 Å². The van der Waals surface area contributed by atoms with Crippen LogP contribution >= 0.6 is 53.9 Å². The molecule has 1 aromatic carbocycles. The molecule has 0 saturated heterocycles. The van der Waals surface area contributed by atoms with Crippen LogP contribution in [-0.2, 0) is 32.0 Å². The van der Waals surface area contributed by atoms with Gasteiger partial charge in [-0.2, -0.15) is 15.0 Å². The molecule has 3 heterocycles. The molecule has 4 rings (SSSR count). The Labute approximate surface area is 304 Å². The van der Waals surface area contributed by atoms with Gasteiger partial charge in [0.1, 0.15) is 11.5 Å². The molecule has 0 unspecified atom stereocenters. The molecule has 50 heavy (non-hydrogen) atoms. The zero-order valence-electron chi connectivity index (χ0n) is 27.8. The van der Waals surface area contributed by atoms with Gasteiger partial charge in [-0.3, -0.25) is 28.9 Å². The number of carbonyl (C=O) groups excluding carboxylic acids is 1. The van der Waals surface area contributed by atoms with Crippen molar-refractivity contribution < 1.29 is 38.2 Å². The Kier molecular flexibility index (Phi) is 17.3. The summed E-state index contributed by atoms with van der Waals surface area (Å²) >= 11 is 13.9. The number of halogens is 3. The topological polar surface area (TPSA) is 235 Å². The first-order chi connectivity index (χ1) is 23.3. The molecule has 23 heteroatoms. The number of methoxy groups -OCH3 is 1. The molecule has 0 radical (unpaired) electrons. The van der Waals surface area contributed by atoms with Gasteiger partial charge in [0.2, 0.25) is 22.0 Å². The fourth-order valence-electron chi connectivity index (χ4n) is 3.72. The number of aliphatic carboxylic acids is 1. The molecule has 6 N–H and O–H groups in total. The number of rotatable bonds is 11. The number of carboxylic acid groups (broad SMARTS) is 1. The van der Waals surface area contributed by atoms with Crippen LogP contribution in [0.25, 0.3) is 0 Å². The lowest BCUT2D eigenvalue weighted by molar-refractivity contribution is -0.137. The van der Waals surface area contributed by atoms with Gasteiger partial charge >= 0.3 is 24.4 Å². The average molecular weight is 803 g/mol. The summed E-state index contributed by atoms with van der Waals surface area (Å²) in [6.45, 7) is 9.67. The highest BCUT2D eigenvalue weighted by molar-refractivity contribution is 8.00. The highest BCUT2D eigenvalue weighted by atomic mass is 35.5. The van der Waals surface area contributed by atoms with E-state index < -0.39 is 38.2 Å². The Morgan fingerprint density at radius 1 is 1.14 bits per heavy atom. The normalized spacial score (nSPS) is 12.9. The van der Waals surface area contributed by atoms with Crippen molar-refractivity contribution in [3.05, 3.63) is 42.7 Å². The van der Waals surface area contributed by atoms with Crippen LogP contribution in [0.1, 0.15) is 40.5 Å². The number of nitrogens with one attached hydrogen (secondary N) is 3. The molecular formula is C27H39Cl2FN9O8PS2. The highest BCUT2D eigenvalue weighted by Crippen LogP contribution is 2.33. The summed E-state index contributed by atoms with van der Waals surface area (Å²) < 4.78 is 32.3. The summed E-state index contributed by atoms with van der Waals surface area (Å²) in [5.74, 6) is -1.09. The van der Waals surface area contributed by atoms with E-state index in [0.717, 1.165) is 48.6 Å². The molecule has 0 saturated carbocycles. The number of nitrogens with zero attached hydrogens (tertiary/aromatic N) is 6. The van der Waals surface area contributed by atoms with E-state index in [1.54, 1.807) is 9.36 Å². The summed E-state index contributed by atoms with van der Waals surface area (Å²) in [4.78, 5) is 66.8. The summed E-state index contributed by atoms with van der Waals surface area (Å²) in [6.07, 6.45) is 1.30. The van der Waals surface area contributed by atoms with Gasteiger partial charge in [0.15, 0.2) is 0 Å². The number of carboxylic acids is 1. The Bertz CT molecular complexity index is 1800. The van der Waals surface area contributed by atoms with Gasteiger partial charge in [-0.25, -0.2) is 14.1 Å². The monoisotopic (exact) mass is 801 g/mol. The maximum atomic E-state index is 14.3. The van der Waals surface area contributed by atoms with E-state index in [2.05, 4.69) is 40.6 Å². The molecule has 0 amide bonds. The van der Waals surface area contributed by atoms with Crippen molar-refractivity contribution in [1.29, 1.82) is 0 Å². The van der Waals surface area contributed by atoms with Crippen LogP contribution < -0.4 is 25.6 Å². The van der Waals surface area contributed by atoms with Crippen LogP contribution in [0.5, 0.6) is 0 Å². The molecule has 0 spiro atoms. The highest BCUT2D eigenvalue weighted by Gasteiger charge is 2.16. The van der Waals surface area contributed by atoms with Crippen LogP contribution in [0.15, 0.2) is 26.8 Å². The first-order valence-electron chi connectivity index (χ1n) is 14.8. The molecule has 278 valence electrons. The van der Waals surface area contributed by atoms with E-state index in [1.807, 2.05) is 27.7 Å². The second-order valence-corrected chi connectivity index (χ2v) is 15.4. The smallest absolute Gasteiger partial charge is 0.339 e. The fourth-order valence-corrected chi connectivity index (χ4v) is 6.27. The number of hydrogen-bond donors (Lipinski definition) is 6. The molecule has 2 aromatic heterocycles. The number of esters is 1.